The fourth-order valence-corrected chi connectivity index (χ4v) is 2.05. The van der Waals surface area contributed by atoms with Gasteiger partial charge in [-0.1, -0.05) is 6.92 Å². The maximum atomic E-state index is 12.0. The summed E-state index contributed by atoms with van der Waals surface area (Å²) in [6, 6.07) is 8.32. The molecule has 122 valence electrons. The van der Waals surface area contributed by atoms with Gasteiger partial charge in [0.2, 0.25) is 0 Å². The number of aryl methyl sites for hydroxylation is 2. The molecule has 0 spiro atoms. The normalized spacial score (nSPS) is 10.4. The summed E-state index contributed by atoms with van der Waals surface area (Å²) in [7, 11) is 0. The highest BCUT2D eigenvalue weighted by Gasteiger charge is 2.11. The number of rotatable bonds is 6. The first kappa shape index (κ1) is 16.7. The van der Waals surface area contributed by atoms with Crippen molar-refractivity contribution in [1.82, 2.24) is 9.78 Å². The van der Waals surface area contributed by atoms with Gasteiger partial charge >= 0.3 is 5.97 Å². The third-order valence-corrected chi connectivity index (χ3v) is 3.14. The zero-order chi connectivity index (χ0) is 16.8. The lowest BCUT2D eigenvalue weighted by Gasteiger charge is -2.07. The predicted molar refractivity (Wildman–Crippen MR) is 84.8 cm³/mol. The maximum Gasteiger partial charge on any atom is 0.338 e. The Labute approximate surface area is 135 Å². The number of hydrogen-bond acceptors (Lipinski definition) is 5. The molecule has 6 heteroatoms. The largest absolute Gasteiger partial charge is 0.484 e. The van der Waals surface area contributed by atoms with Crippen LogP contribution >= 0.6 is 0 Å². The second kappa shape index (κ2) is 7.58. The van der Waals surface area contributed by atoms with Gasteiger partial charge in [-0.25, -0.2) is 9.48 Å². The molecule has 2 aromatic rings. The van der Waals surface area contributed by atoms with Crippen LogP contribution in [-0.4, -0.2) is 34.9 Å². The van der Waals surface area contributed by atoms with E-state index in [1.165, 1.54) is 4.68 Å². The minimum Gasteiger partial charge on any atom is -0.484 e. The fraction of sp³-hybridized carbons (Fsp3) is 0.353. The summed E-state index contributed by atoms with van der Waals surface area (Å²) in [5, 5.41) is 4.11. The number of carbonyl (C=O) groups is 2. The standard InChI is InChI=1S/C17H20N2O4/c1-4-9-22-17(21)14-5-7-15(8-6-14)23-11-16(20)19-13(3)10-12(2)18-19/h5-8,10H,4,9,11H2,1-3H3. The fourth-order valence-electron chi connectivity index (χ4n) is 2.05. The first-order valence-electron chi connectivity index (χ1n) is 7.47. The lowest BCUT2D eigenvalue weighted by Crippen LogP contribution is -2.21. The molecule has 1 heterocycles. The molecule has 0 N–H and O–H groups in total. The highest BCUT2D eigenvalue weighted by atomic mass is 16.5. The van der Waals surface area contributed by atoms with Crippen LogP contribution in [0, 0.1) is 13.8 Å². The number of esters is 1. The first-order chi connectivity index (χ1) is 11.0. The second-order valence-electron chi connectivity index (χ2n) is 5.18. The third-order valence-electron chi connectivity index (χ3n) is 3.14. The molecule has 1 aromatic carbocycles. The summed E-state index contributed by atoms with van der Waals surface area (Å²) in [6.07, 6.45) is 0.779. The van der Waals surface area contributed by atoms with Crippen molar-refractivity contribution in [1.29, 1.82) is 0 Å². The average molecular weight is 316 g/mol. The monoisotopic (exact) mass is 316 g/mol. The molecule has 0 radical (unpaired) electrons. The number of benzene rings is 1. The van der Waals surface area contributed by atoms with E-state index >= 15 is 0 Å². The quantitative estimate of drug-likeness (QED) is 0.766. The minimum atomic E-state index is -0.364. The molecule has 0 unspecified atom stereocenters. The van der Waals surface area contributed by atoms with Crippen molar-refractivity contribution in [3.8, 4) is 5.75 Å². The highest BCUT2D eigenvalue weighted by molar-refractivity contribution is 5.89. The number of carbonyl (C=O) groups excluding carboxylic acids is 2. The van der Waals surface area contributed by atoms with Crippen LogP contribution in [0.25, 0.3) is 0 Å². The molecule has 0 fully saturated rings. The van der Waals surface area contributed by atoms with E-state index in [1.807, 2.05) is 26.8 Å². The van der Waals surface area contributed by atoms with Gasteiger partial charge in [0.05, 0.1) is 17.9 Å². The highest BCUT2D eigenvalue weighted by Crippen LogP contribution is 2.13. The predicted octanol–water partition coefficient (Wildman–Crippen LogP) is 2.79. The minimum absolute atomic E-state index is 0.123. The van der Waals surface area contributed by atoms with Gasteiger partial charge in [-0.05, 0) is 50.6 Å². The van der Waals surface area contributed by atoms with Crippen LogP contribution in [0.2, 0.25) is 0 Å². The van der Waals surface area contributed by atoms with Crippen LogP contribution in [0.4, 0.5) is 0 Å². The molecule has 0 saturated carbocycles. The average Bonchev–Trinajstić information content (AvgIpc) is 2.89. The van der Waals surface area contributed by atoms with E-state index in [0.29, 0.717) is 17.9 Å². The van der Waals surface area contributed by atoms with Gasteiger partial charge < -0.3 is 9.47 Å². The lowest BCUT2D eigenvalue weighted by molar-refractivity contribution is 0.0504. The zero-order valence-corrected chi connectivity index (χ0v) is 13.5. The Morgan fingerprint density at radius 1 is 1.17 bits per heavy atom. The molecule has 0 saturated heterocycles. The molecule has 0 aliphatic rings. The lowest BCUT2D eigenvalue weighted by atomic mass is 10.2. The van der Waals surface area contributed by atoms with Crippen LogP contribution in [0.5, 0.6) is 5.75 Å². The van der Waals surface area contributed by atoms with E-state index < -0.39 is 0 Å². The van der Waals surface area contributed by atoms with Gasteiger partial charge in [-0.15, -0.1) is 0 Å². The van der Waals surface area contributed by atoms with E-state index in [9.17, 15) is 9.59 Å². The van der Waals surface area contributed by atoms with Crippen LogP contribution in [-0.2, 0) is 4.74 Å². The molecule has 2 rings (SSSR count). The third kappa shape index (κ3) is 4.42. The smallest absolute Gasteiger partial charge is 0.338 e. The van der Waals surface area contributed by atoms with Crippen molar-refractivity contribution < 1.29 is 19.1 Å². The summed E-state index contributed by atoms with van der Waals surface area (Å²) in [5.74, 6) is -0.105. The summed E-state index contributed by atoms with van der Waals surface area (Å²) in [4.78, 5) is 23.7. The van der Waals surface area contributed by atoms with Crippen molar-refractivity contribution in [3.63, 3.8) is 0 Å². The molecule has 23 heavy (non-hydrogen) atoms. The van der Waals surface area contributed by atoms with Crippen LogP contribution < -0.4 is 4.74 Å². The summed E-state index contributed by atoms with van der Waals surface area (Å²) >= 11 is 0. The van der Waals surface area contributed by atoms with Gasteiger partial charge in [0.25, 0.3) is 5.91 Å². The maximum absolute atomic E-state index is 12.0. The van der Waals surface area contributed by atoms with E-state index in [4.69, 9.17) is 9.47 Å². The molecular weight excluding hydrogens is 296 g/mol. The van der Waals surface area contributed by atoms with Gasteiger partial charge in [-0.2, -0.15) is 5.10 Å². The van der Waals surface area contributed by atoms with Gasteiger partial charge in [0.15, 0.2) is 6.61 Å². The molecule has 0 atom stereocenters. The van der Waals surface area contributed by atoms with E-state index in [2.05, 4.69) is 5.10 Å². The number of nitrogens with zero attached hydrogens (tertiary/aromatic N) is 2. The molecule has 6 nitrogen and oxygen atoms in total. The summed E-state index contributed by atoms with van der Waals surface area (Å²) in [5.41, 5.74) is 2.01. The number of aromatic nitrogens is 2. The second-order valence-corrected chi connectivity index (χ2v) is 5.18. The molecule has 0 amide bonds. The van der Waals surface area contributed by atoms with Crippen molar-refractivity contribution in [3.05, 3.63) is 47.3 Å². The number of ether oxygens (including phenoxy) is 2. The molecule has 1 aromatic heterocycles. The van der Waals surface area contributed by atoms with Crippen LogP contribution in [0.15, 0.2) is 30.3 Å². The van der Waals surface area contributed by atoms with Crippen LogP contribution in [0.1, 0.15) is 39.9 Å². The molecule has 0 bridgehead atoms. The summed E-state index contributed by atoms with van der Waals surface area (Å²) < 4.78 is 11.8. The Bertz CT molecular complexity index is 689. The van der Waals surface area contributed by atoms with Gasteiger partial charge in [-0.3, -0.25) is 4.79 Å². The summed E-state index contributed by atoms with van der Waals surface area (Å²) in [6.45, 7) is 5.85. The Hall–Kier alpha value is -2.63. The Kier molecular flexibility index (Phi) is 5.51. The Balaban J connectivity index is 1.92. The number of hydrogen-bond donors (Lipinski definition) is 0. The topological polar surface area (TPSA) is 70.4 Å². The van der Waals surface area contributed by atoms with Gasteiger partial charge in [0, 0.05) is 5.69 Å². The van der Waals surface area contributed by atoms with E-state index in [-0.39, 0.29) is 18.5 Å². The zero-order valence-electron chi connectivity index (χ0n) is 13.5. The Morgan fingerprint density at radius 2 is 1.87 bits per heavy atom. The molecular formula is C17H20N2O4. The van der Waals surface area contributed by atoms with E-state index in [1.54, 1.807) is 24.3 Å². The van der Waals surface area contributed by atoms with Crippen molar-refractivity contribution in [2.24, 2.45) is 0 Å². The van der Waals surface area contributed by atoms with Crippen molar-refractivity contribution in [2.75, 3.05) is 13.2 Å². The molecule has 0 aliphatic heterocycles. The molecule has 0 aliphatic carbocycles. The first-order valence-corrected chi connectivity index (χ1v) is 7.47. The van der Waals surface area contributed by atoms with Crippen molar-refractivity contribution in [2.45, 2.75) is 27.2 Å². The van der Waals surface area contributed by atoms with Gasteiger partial charge in [0.1, 0.15) is 5.75 Å². The van der Waals surface area contributed by atoms with E-state index in [0.717, 1.165) is 17.8 Å². The van der Waals surface area contributed by atoms with Crippen LogP contribution in [0.3, 0.4) is 0 Å². The van der Waals surface area contributed by atoms with Crippen molar-refractivity contribution >= 4 is 11.9 Å². The Morgan fingerprint density at radius 3 is 2.43 bits per heavy atom. The SMILES string of the molecule is CCCOC(=O)c1ccc(OCC(=O)n2nc(C)cc2C)cc1.